The molecular formula is C8H14N2O. The largest absolute Gasteiger partial charge is 0.383 e. The van der Waals surface area contributed by atoms with Crippen LogP contribution in [0, 0.1) is 13.8 Å². The number of hydrogen-bond acceptors (Lipinski definition) is 2. The third kappa shape index (κ3) is 2.05. The second kappa shape index (κ2) is 3.53. The summed E-state index contributed by atoms with van der Waals surface area (Å²) in [5, 5.41) is 4.28. The fourth-order valence-corrected chi connectivity index (χ4v) is 0.917. The third-order valence-electron chi connectivity index (χ3n) is 1.72. The molecule has 0 radical (unpaired) electrons. The molecule has 0 saturated heterocycles. The molecule has 0 aliphatic heterocycles. The maximum Gasteiger partial charge on any atom is 0.0658 e. The molecule has 0 fully saturated rings. The second-order valence-electron chi connectivity index (χ2n) is 2.65. The van der Waals surface area contributed by atoms with Crippen LogP contribution in [0.15, 0.2) is 6.20 Å². The summed E-state index contributed by atoms with van der Waals surface area (Å²) in [6.07, 6.45) is 2.04. The van der Waals surface area contributed by atoms with Crippen molar-refractivity contribution in [3.8, 4) is 0 Å². The molecule has 62 valence electrons. The molecule has 0 saturated carbocycles. The Balaban J connectivity index is 2.58. The van der Waals surface area contributed by atoms with Gasteiger partial charge in [-0.15, -0.1) is 0 Å². The first-order chi connectivity index (χ1) is 5.24. The SMILES string of the molecule is COCCn1cc(C)c(C)n1. The van der Waals surface area contributed by atoms with E-state index in [2.05, 4.69) is 12.0 Å². The summed E-state index contributed by atoms with van der Waals surface area (Å²) in [5.41, 5.74) is 2.34. The van der Waals surface area contributed by atoms with Crippen LogP contribution in [0.4, 0.5) is 0 Å². The highest BCUT2D eigenvalue weighted by Gasteiger charge is 1.97. The Bertz CT molecular complexity index is 210. The van der Waals surface area contributed by atoms with Crippen LogP contribution in [0.25, 0.3) is 0 Å². The summed E-state index contributed by atoms with van der Waals surface area (Å²) in [6.45, 7) is 5.63. The van der Waals surface area contributed by atoms with Crippen molar-refractivity contribution in [3.05, 3.63) is 17.5 Å². The first-order valence-corrected chi connectivity index (χ1v) is 3.73. The number of aromatic nitrogens is 2. The van der Waals surface area contributed by atoms with E-state index in [4.69, 9.17) is 4.74 Å². The van der Waals surface area contributed by atoms with Gasteiger partial charge in [-0.2, -0.15) is 5.10 Å². The molecular weight excluding hydrogens is 140 g/mol. The number of rotatable bonds is 3. The van der Waals surface area contributed by atoms with Crippen LogP contribution in [0.3, 0.4) is 0 Å². The molecule has 0 atom stereocenters. The summed E-state index contributed by atoms with van der Waals surface area (Å²) >= 11 is 0. The van der Waals surface area contributed by atoms with Crippen LogP contribution >= 0.6 is 0 Å². The number of methoxy groups -OCH3 is 1. The van der Waals surface area contributed by atoms with Gasteiger partial charge in [-0.3, -0.25) is 4.68 Å². The Hall–Kier alpha value is -0.830. The molecule has 0 bridgehead atoms. The van der Waals surface area contributed by atoms with Crippen LogP contribution < -0.4 is 0 Å². The lowest BCUT2D eigenvalue weighted by molar-refractivity contribution is 0.183. The number of ether oxygens (including phenoxy) is 1. The molecule has 1 aromatic rings. The van der Waals surface area contributed by atoms with Crippen molar-refractivity contribution in [2.45, 2.75) is 20.4 Å². The molecule has 1 rings (SSSR count). The predicted molar refractivity (Wildman–Crippen MR) is 43.6 cm³/mol. The lowest BCUT2D eigenvalue weighted by Crippen LogP contribution is -2.04. The minimum Gasteiger partial charge on any atom is -0.383 e. The van der Waals surface area contributed by atoms with Crippen molar-refractivity contribution < 1.29 is 4.74 Å². The molecule has 0 spiro atoms. The first-order valence-electron chi connectivity index (χ1n) is 3.73. The second-order valence-corrected chi connectivity index (χ2v) is 2.65. The highest BCUT2D eigenvalue weighted by atomic mass is 16.5. The normalized spacial score (nSPS) is 10.5. The van der Waals surface area contributed by atoms with Crippen molar-refractivity contribution in [1.82, 2.24) is 9.78 Å². The summed E-state index contributed by atoms with van der Waals surface area (Å²) < 4.78 is 6.84. The smallest absolute Gasteiger partial charge is 0.0658 e. The van der Waals surface area contributed by atoms with Gasteiger partial charge in [0.25, 0.3) is 0 Å². The van der Waals surface area contributed by atoms with Gasteiger partial charge in [0, 0.05) is 13.3 Å². The van der Waals surface area contributed by atoms with E-state index < -0.39 is 0 Å². The highest BCUT2D eigenvalue weighted by molar-refractivity contribution is 5.12. The molecule has 0 aromatic carbocycles. The van der Waals surface area contributed by atoms with Gasteiger partial charge in [0.05, 0.1) is 18.8 Å². The van der Waals surface area contributed by atoms with Crippen LogP contribution in [-0.4, -0.2) is 23.5 Å². The predicted octanol–water partition coefficient (Wildman–Crippen LogP) is 1.15. The molecule has 1 heterocycles. The zero-order valence-electron chi connectivity index (χ0n) is 7.29. The van der Waals surface area contributed by atoms with Crippen molar-refractivity contribution >= 4 is 0 Å². The summed E-state index contributed by atoms with van der Waals surface area (Å²) in [7, 11) is 1.70. The van der Waals surface area contributed by atoms with Crippen molar-refractivity contribution in [2.75, 3.05) is 13.7 Å². The average molecular weight is 154 g/mol. The first kappa shape index (κ1) is 8.27. The van der Waals surface area contributed by atoms with E-state index in [-0.39, 0.29) is 0 Å². The van der Waals surface area contributed by atoms with E-state index in [0.29, 0.717) is 0 Å². The number of nitrogens with zero attached hydrogens (tertiary/aromatic N) is 2. The molecule has 3 nitrogen and oxygen atoms in total. The topological polar surface area (TPSA) is 27.1 Å². The fourth-order valence-electron chi connectivity index (χ4n) is 0.917. The standard InChI is InChI=1S/C8H14N2O/c1-7-6-10(4-5-11-3)9-8(7)2/h6H,4-5H2,1-3H3. The van der Waals surface area contributed by atoms with Crippen molar-refractivity contribution in [2.24, 2.45) is 0 Å². The Morgan fingerprint density at radius 3 is 2.73 bits per heavy atom. The Morgan fingerprint density at radius 2 is 2.27 bits per heavy atom. The quantitative estimate of drug-likeness (QED) is 0.653. The molecule has 3 heteroatoms. The molecule has 1 aromatic heterocycles. The van der Waals surface area contributed by atoms with Gasteiger partial charge >= 0.3 is 0 Å². The maximum absolute atomic E-state index is 4.93. The average Bonchev–Trinajstić information content (AvgIpc) is 2.28. The van der Waals surface area contributed by atoms with Crippen molar-refractivity contribution in [3.63, 3.8) is 0 Å². The van der Waals surface area contributed by atoms with E-state index in [1.807, 2.05) is 17.8 Å². The Morgan fingerprint density at radius 1 is 1.55 bits per heavy atom. The molecule has 0 unspecified atom stereocenters. The monoisotopic (exact) mass is 154 g/mol. The van der Waals surface area contributed by atoms with Gasteiger partial charge in [0.15, 0.2) is 0 Å². The van der Waals surface area contributed by atoms with Gasteiger partial charge in [0.1, 0.15) is 0 Å². The molecule has 0 aliphatic rings. The Kier molecular flexibility index (Phi) is 2.65. The number of aryl methyl sites for hydroxylation is 2. The summed E-state index contributed by atoms with van der Waals surface area (Å²) in [6, 6.07) is 0. The van der Waals surface area contributed by atoms with Gasteiger partial charge in [-0.1, -0.05) is 0 Å². The molecule has 0 amide bonds. The van der Waals surface area contributed by atoms with Crippen LogP contribution in [0.1, 0.15) is 11.3 Å². The Labute approximate surface area is 67.0 Å². The zero-order valence-corrected chi connectivity index (χ0v) is 7.29. The van der Waals surface area contributed by atoms with E-state index in [9.17, 15) is 0 Å². The van der Waals surface area contributed by atoms with E-state index >= 15 is 0 Å². The van der Waals surface area contributed by atoms with Gasteiger partial charge in [0.2, 0.25) is 0 Å². The summed E-state index contributed by atoms with van der Waals surface area (Å²) in [5.74, 6) is 0. The van der Waals surface area contributed by atoms with E-state index in [1.54, 1.807) is 7.11 Å². The van der Waals surface area contributed by atoms with Crippen molar-refractivity contribution in [1.29, 1.82) is 0 Å². The third-order valence-corrected chi connectivity index (χ3v) is 1.72. The molecule has 0 aliphatic carbocycles. The maximum atomic E-state index is 4.93. The number of hydrogen-bond donors (Lipinski definition) is 0. The van der Waals surface area contributed by atoms with Gasteiger partial charge in [-0.25, -0.2) is 0 Å². The minimum atomic E-state index is 0.723. The fraction of sp³-hybridized carbons (Fsp3) is 0.625. The highest BCUT2D eigenvalue weighted by Crippen LogP contribution is 2.01. The lowest BCUT2D eigenvalue weighted by Gasteiger charge is -1.97. The van der Waals surface area contributed by atoms with Crippen LogP contribution in [0.5, 0.6) is 0 Å². The molecule has 0 N–H and O–H groups in total. The van der Waals surface area contributed by atoms with Crippen LogP contribution in [-0.2, 0) is 11.3 Å². The zero-order chi connectivity index (χ0) is 8.27. The van der Waals surface area contributed by atoms with E-state index in [0.717, 1.165) is 18.8 Å². The van der Waals surface area contributed by atoms with Crippen LogP contribution in [0.2, 0.25) is 0 Å². The summed E-state index contributed by atoms with van der Waals surface area (Å²) in [4.78, 5) is 0. The molecule has 11 heavy (non-hydrogen) atoms. The van der Waals surface area contributed by atoms with Gasteiger partial charge in [-0.05, 0) is 19.4 Å². The van der Waals surface area contributed by atoms with Gasteiger partial charge < -0.3 is 4.74 Å². The minimum absolute atomic E-state index is 0.723. The lowest BCUT2D eigenvalue weighted by atomic mass is 10.3. The van der Waals surface area contributed by atoms with E-state index in [1.165, 1.54) is 5.56 Å².